The van der Waals surface area contributed by atoms with E-state index >= 15 is 0 Å². The molecule has 1 fully saturated rings. The maximum absolute atomic E-state index is 12.7. The number of rotatable bonds is 7. The molecule has 0 aromatic carbocycles. The Morgan fingerprint density at radius 2 is 2.04 bits per heavy atom. The van der Waals surface area contributed by atoms with Gasteiger partial charge in [-0.15, -0.1) is 0 Å². The van der Waals surface area contributed by atoms with E-state index in [1.165, 1.54) is 28.7 Å². The molecule has 2 rings (SSSR count). The summed E-state index contributed by atoms with van der Waals surface area (Å²) in [7, 11) is -1.53. The first kappa shape index (κ1) is 21.1. The molecular weight excluding hydrogens is 372 g/mol. The van der Waals surface area contributed by atoms with Gasteiger partial charge >= 0.3 is 5.97 Å². The monoisotopic (exact) mass is 398 g/mol. The molecule has 0 bridgehead atoms. The standard InChI is InChI=1S/C18H26N2O6S/c1-5-12(2)20(15-6-7-27(24,25)11-15)17(22)10-26-18(23)16-8-14(13(3)21)9-19(16)4/h8-9,12,15H,5-7,10-11H2,1-4H3/t12-,15-/m1/s1. The summed E-state index contributed by atoms with van der Waals surface area (Å²) in [6.45, 7) is 4.68. The van der Waals surface area contributed by atoms with Crippen molar-refractivity contribution < 1.29 is 27.5 Å². The van der Waals surface area contributed by atoms with Crippen LogP contribution in [0.3, 0.4) is 0 Å². The molecule has 1 aliphatic heterocycles. The van der Waals surface area contributed by atoms with Gasteiger partial charge in [0.15, 0.2) is 22.2 Å². The highest BCUT2D eigenvalue weighted by Gasteiger charge is 2.36. The van der Waals surface area contributed by atoms with Crippen molar-refractivity contribution in [1.82, 2.24) is 9.47 Å². The second-order valence-electron chi connectivity index (χ2n) is 6.97. The molecule has 1 saturated heterocycles. The van der Waals surface area contributed by atoms with E-state index in [2.05, 4.69) is 0 Å². The number of Topliss-reactive ketones (excluding diaryl/α,β-unsaturated/α-hetero) is 1. The van der Waals surface area contributed by atoms with Crippen LogP contribution in [-0.2, 0) is 26.4 Å². The van der Waals surface area contributed by atoms with Gasteiger partial charge in [-0.05, 0) is 32.8 Å². The summed E-state index contributed by atoms with van der Waals surface area (Å²) in [5, 5.41) is 0. The zero-order valence-electron chi connectivity index (χ0n) is 16.1. The Balaban J connectivity index is 2.07. The van der Waals surface area contributed by atoms with E-state index in [0.29, 0.717) is 18.4 Å². The number of ketones is 1. The highest BCUT2D eigenvalue weighted by molar-refractivity contribution is 7.91. The number of carbonyl (C=O) groups is 3. The maximum atomic E-state index is 12.7. The Morgan fingerprint density at radius 1 is 1.37 bits per heavy atom. The Labute approximate surface area is 159 Å². The third kappa shape index (κ3) is 4.97. The smallest absolute Gasteiger partial charge is 0.355 e. The van der Waals surface area contributed by atoms with Gasteiger partial charge in [-0.25, -0.2) is 13.2 Å². The molecule has 1 amide bonds. The molecule has 1 aromatic rings. The van der Waals surface area contributed by atoms with E-state index in [4.69, 9.17) is 4.74 Å². The van der Waals surface area contributed by atoms with Crippen molar-refractivity contribution in [3.63, 3.8) is 0 Å². The lowest BCUT2D eigenvalue weighted by Gasteiger charge is -2.33. The first-order valence-corrected chi connectivity index (χ1v) is 10.7. The molecule has 8 nitrogen and oxygen atoms in total. The third-order valence-electron chi connectivity index (χ3n) is 4.90. The lowest BCUT2D eigenvalue weighted by molar-refractivity contribution is -0.138. The van der Waals surface area contributed by atoms with Gasteiger partial charge in [0.25, 0.3) is 5.91 Å². The van der Waals surface area contributed by atoms with Crippen LogP contribution in [0.2, 0.25) is 0 Å². The van der Waals surface area contributed by atoms with Gasteiger partial charge < -0.3 is 14.2 Å². The molecule has 0 spiro atoms. The average Bonchev–Trinajstić information content (AvgIpc) is 3.15. The van der Waals surface area contributed by atoms with Gasteiger partial charge in [0.2, 0.25) is 0 Å². The number of esters is 1. The van der Waals surface area contributed by atoms with Crippen LogP contribution in [0.1, 0.15) is 54.5 Å². The van der Waals surface area contributed by atoms with E-state index in [-0.39, 0.29) is 29.0 Å². The molecule has 0 N–H and O–H groups in total. The van der Waals surface area contributed by atoms with Crippen molar-refractivity contribution in [3.05, 3.63) is 23.5 Å². The topological polar surface area (TPSA) is 103 Å². The summed E-state index contributed by atoms with van der Waals surface area (Å²) in [6, 6.07) is 0.870. The largest absolute Gasteiger partial charge is 0.451 e. The van der Waals surface area contributed by atoms with E-state index in [0.717, 1.165) is 0 Å². The lowest BCUT2D eigenvalue weighted by atomic mass is 10.1. The molecular formula is C18H26N2O6S. The molecule has 1 aromatic heterocycles. The number of aryl methyl sites for hydroxylation is 1. The van der Waals surface area contributed by atoms with Crippen LogP contribution in [-0.4, -0.2) is 65.7 Å². The second-order valence-corrected chi connectivity index (χ2v) is 9.20. The van der Waals surface area contributed by atoms with E-state index in [1.54, 1.807) is 7.05 Å². The number of nitrogens with zero attached hydrogens (tertiary/aromatic N) is 2. The van der Waals surface area contributed by atoms with Crippen LogP contribution in [0.15, 0.2) is 12.3 Å². The molecule has 2 atom stereocenters. The molecule has 0 saturated carbocycles. The number of hydrogen-bond acceptors (Lipinski definition) is 6. The van der Waals surface area contributed by atoms with Gasteiger partial charge in [0.1, 0.15) is 5.69 Å². The molecule has 0 aliphatic carbocycles. The van der Waals surface area contributed by atoms with Crippen LogP contribution in [0.25, 0.3) is 0 Å². The van der Waals surface area contributed by atoms with Crippen molar-refractivity contribution in [2.75, 3.05) is 18.1 Å². The molecule has 150 valence electrons. The quantitative estimate of drug-likeness (QED) is 0.505. The Morgan fingerprint density at radius 3 is 2.52 bits per heavy atom. The Kier molecular flexibility index (Phi) is 6.46. The summed E-state index contributed by atoms with van der Waals surface area (Å²) < 4.78 is 30.2. The van der Waals surface area contributed by atoms with Gasteiger partial charge in [0.05, 0.1) is 11.5 Å². The zero-order valence-corrected chi connectivity index (χ0v) is 16.9. The van der Waals surface area contributed by atoms with Gasteiger partial charge in [0, 0.05) is 30.9 Å². The van der Waals surface area contributed by atoms with Crippen LogP contribution < -0.4 is 0 Å². The van der Waals surface area contributed by atoms with Crippen molar-refractivity contribution in [2.45, 2.75) is 45.7 Å². The summed E-state index contributed by atoms with van der Waals surface area (Å²) in [5.74, 6) is -1.29. The van der Waals surface area contributed by atoms with E-state index in [9.17, 15) is 22.8 Å². The normalized spacial score (nSPS) is 19.5. The molecule has 0 radical (unpaired) electrons. The average molecular weight is 398 g/mol. The lowest BCUT2D eigenvalue weighted by Crippen LogP contribution is -2.48. The van der Waals surface area contributed by atoms with Crippen molar-refractivity contribution in [2.24, 2.45) is 7.05 Å². The van der Waals surface area contributed by atoms with Crippen molar-refractivity contribution in [1.29, 1.82) is 0 Å². The second kappa shape index (κ2) is 8.24. The molecule has 1 aliphatic rings. The highest BCUT2D eigenvalue weighted by atomic mass is 32.2. The van der Waals surface area contributed by atoms with Crippen molar-refractivity contribution in [3.8, 4) is 0 Å². The summed E-state index contributed by atoms with van der Waals surface area (Å²) >= 11 is 0. The van der Waals surface area contributed by atoms with Gasteiger partial charge in [-0.3, -0.25) is 9.59 Å². The predicted octanol–water partition coefficient (Wildman–Crippen LogP) is 1.20. The number of carbonyl (C=O) groups excluding carboxylic acids is 3. The SMILES string of the molecule is CC[C@@H](C)N(C(=O)COC(=O)c1cc(C(C)=O)cn1C)[C@@H]1CCS(=O)(=O)C1. The van der Waals surface area contributed by atoms with Gasteiger partial charge in [-0.1, -0.05) is 6.92 Å². The zero-order chi connectivity index (χ0) is 20.4. The van der Waals surface area contributed by atoms with Crippen LogP contribution in [0.5, 0.6) is 0 Å². The number of sulfone groups is 1. The van der Waals surface area contributed by atoms with Crippen molar-refractivity contribution >= 4 is 27.5 Å². The molecule has 9 heteroatoms. The summed E-state index contributed by atoms with van der Waals surface area (Å²) in [6.07, 6.45) is 2.58. The van der Waals surface area contributed by atoms with Crippen LogP contribution >= 0.6 is 0 Å². The molecule has 0 unspecified atom stereocenters. The highest BCUT2D eigenvalue weighted by Crippen LogP contribution is 2.21. The number of ether oxygens (including phenoxy) is 1. The fraction of sp³-hybridized carbons (Fsp3) is 0.611. The maximum Gasteiger partial charge on any atom is 0.355 e. The minimum Gasteiger partial charge on any atom is -0.451 e. The number of aromatic nitrogens is 1. The fourth-order valence-corrected chi connectivity index (χ4v) is 4.95. The molecule has 27 heavy (non-hydrogen) atoms. The Bertz CT molecular complexity index is 842. The number of hydrogen-bond donors (Lipinski definition) is 0. The van der Waals surface area contributed by atoms with E-state index < -0.39 is 34.4 Å². The predicted molar refractivity (Wildman–Crippen MR) is 99.4 cm³/mol. The third-order valence-corrected chi connectivity index (χ3v) is 6.65. The minimum absolute atomic E-state index is 0.0587. The molecule has 2 heterocycles. The van der Waals surface area contributed by atoms with Crippen LogP contribution in [0, 0.1) is 0 Å². The van der Waals surface area contributed by atoms with E-state index in [1.807, 2.05) is 13.8 Å². The van der Waals surface area contributed by atoms with Gasteiger partial charge in [-0.2, -0.15) is 0 Å². The Hall–Kier alpha value is -2.16. The summed E-state index contributed by atoms with van der Waals surface area (Å²) in [4.78, 5) is 37.9. The van der Waals surface area contributed by atoms with Crippen LogP contribution in [0.4, 0.5) is 0 Å². The number of amides is 1. The fourth-order valence-electron chi connectivity index (χ4n) is 3.24. The first-order chi connectivity index (χ1) is 12.6. The summed E-state index contributed by atoms with van der Waals surface area (Å²) in [5.41, 5.74) is 0.555. The first-order valence-electron chi connectivity index (χ1n) is 8.91. The minimum atomic E-state index is -3.14.